The van der Waals surface area contributed by atoms with Crippen molar-refractivity contribution in [2.24, 2.45) is 0 Å². The van der Waals surface area contributed by atoms with Crippen LogP contribution in [0.4, 0.5) is 0 Å². The van der Waals surface area contributed by atoms with Crippen LogP contribution >= 0.6 is 0 Å². The number of nitrogens with one attached hydrogen (secondary N) is 2. The van der Waals surface area contributed by atoms with Crippen molar-refractivity contribution in [1.82, 2.24) is 20.5 Å². The molecular weight excluding hydrogens is 208 g/mol. The van der Waals surface area contributed by atoms with Gasteiger partial charge in [-0.15, -0.1) is 5.10 Å². The summed E-state index contributed by atoms with van der Waals surface area (Å²) >= 11 is 0. The van der Waals surface area contributed by atoms with E-state index in [9.17, 15) is 9.90 Å². The molecule has 88 valence electrons. The Hall–Kier alpha value is -1.43. The first-order valence-electron chi connectivity index (χ1n) is 5.55. The van der Waals surface area contributed by atoms with Crippen LogP contribution in [0.1, 0.15) is 42.6 Å². The van der Waals surface area contributed by atoms with E-state index < -0.39 is 5.60 Å². The molecule has 2 rings (SSSR count). The third-order valence-corrected chi connectivity index (χ3v) is 2.93. The van der Waals surface area contributed by atoms with Gasteiger partial charge in [0.25, 0.3) is 5.91 Å². The highest BCUT2D eigenvalue weighted by molar-refractivity contribution is 5.90. The van der Waals surface area contributed by atoms with E-state index in [0.717, 1.165) is 19.3 Å². The molecule has 1 aromatic rings. The van der Waals surface area contributed by atoms with Crippen molar-refractivity contribution in [1.29, 1.82) is 0 Å². The second kappa shape index (κ2) is 4.21. The van der Waals surface area contributed by atoms with Crippen LogP contribution < -0.4 is 5.32 Å². The normalized spacial score (nSPS) is 17.9. The summed E-state index contributed by atoms with van der Waals surface area (Å²) in [6, 6.07) is 0. The predicted molar refractivity (Wildman–Crippen MR) is 56.9 cm³/mol. The fraction of sp³-hybridized carbons (Fsp3) is 0.700. The highest BCUT2D eigenvalue weighted by Crippen LogP contribution is 2.30. The number of H-pyrrole nitrogens is 1. The summed E-state index contributed by atoms with van der Waals surface area (Å²) in [5.41, 5.74) is -0.709. The standard InChI is InChI=1S/C10H16N4O2/c1-2-7-12-8(14-13-7)9(15)11-6-10(16)4-3-5-10/h16H,2-6H2,1H3,(H,11,15)(H,12,13,14). The van der Waals surface area contributed by atoms with Crippen molar-refractivity contribution in [3.63, 3.8) is 0 Å². The number of rotatable bonds is 4. The lowest BCUT2D eigenvalue weighted by molar-refractivity contribution is -0.0301. The van der Waals surface area contributed by atoms with Gasteiger partial charge in [-0.25, -0.2) is 4.98 Å². The Balaban J connectivity index is 1.87. The number of aromatic nitrogens is 3. The molecule has 0 atom stereocenters. The largest absolute Gasteiger partial charge is 0.388 e. The smallest absolute Gasteiger partial charge is 0.291 e. The maximum Gasteiger partial charge on any atom is 0.291 e. The van der Waals surface area contributed by atoms with Crippen molar-refractivity contribution in [2.75, 3.05) is 6.54 Å². The van der Waals surface area contributed by atoms with Crippen LogP contribution in [0.3, 0.4) is 0 Å². The predicted octanol–water partition coefficient (Wildman–Crippen LogP) is 0.0119. The number of aromatic amines is 1. The van der Waals surface area contributed by atoms with Crippen LogP contribution in [0.5, 0.6) is 0 Å². The van der Waals surface area contributed by atoms with Gasteiger partial charge in [-0.05, 0) is 19.3 Å². The molecule has 0 bridgehead atoms. The first kappa shape index (κ1) is 11.1. The second-order valence-electron chi connectivity index (χ2n) is 4.22. The van der Waals surface area contributed by atoms with Gasteiger partial charge in [-0.1, -0.05) is 6.92 Å². The summed E-state index contributed by atoms with van der Waals surface area (Å²) in [4.78, 5) is 15.6. The molecule has 0 radical (unpaired) electrons. The third-order valence-electron chi connectivity index (χ3n) is 2.93. The Bertz CT molecular complexity index is 384. The lowest BCUT2D eigenvalue weighted by Crippen LogP contribution is -2.47. The van der Waals surface area contributed by atoms with Crippen LogP contribution in [-0.2, 0) is 6.42 Å². The van der Waals surface area contributed by atoms with Gasteiger partial charge in [0.05, 0.1) is 5.60 Å². The minimum atomic E-state index is -0.709. The van der Waals surface area contributed by atoms with Gasteiger partial charge in [0, 0.05) is 13.0 Å². The average Bonchev–Trinajstić information content (AvgIpc) is 2.71. The summed E-state index contributed by atoms with van der Waals surface area (Å²) in [6.07, 6.45) is 3.24. The number of hydrogen-bond acceptors (Lipinski definition) is 4. The molecule has 1 aliphatic carbocycles. The number of hydrogen-bond donors (Lipinski definition) is 3. The number of nitrogens with zero attached hydrogens (tertiary/aromatic N) is 2. The first-order chi connectivity index (χ1) is 7.63. The summed E-state index contributed by atoms with van der Waals surface area (Å²) in [5.74, 6) is 0.489. The van der Waals surface area contributed by atoms with Crippen molar-refractivity contribution in [3.8, 4) is 0 Å². The number of aliphatic hydroxyl groups is 1. The Morgan fingerprint density at radius 2 is 2.38 bits per heavy atom. The molecule has 0 aliphatic heterocycles. The van der Waals surface area contributed by atoms with E-state index in [-0.39, 0.29) is 18.3 Å². The third kappa shape index (κ3) is 2.21. The molecule has 1 aliphatic rings. The summed E-state index contributed by atoms with van der Waals surface area (Å²) in [7, 11) is 0. The molecule has 3 N–H and O–H groups in total. The number of amides is 1. The summed E-state index contributed by atoms with van der Waals surface area (Å²) in [6.45, 7) is 2.21. The van der Waals surface area contributed by atoms with E-state index >= 15 is 0 Å². The fourth-order valence-corrected chi connectivity index (χ4v) is 1.64. The number of aryl methyl sites for hydroxylation is 1. The average molecular weight is 224 g/mol. The molecule has 0 aromatic carbocycles. The Morgan fingerprint density at radius 3 is 2.88 bits per heavy atom. The van der Waals surface area contributed by atoms with Gasteiger partial charge in [0.15, 0.2) is 0 Å². The first-order valence-corrected chi connectivity index (χ1v) is 5.55. The number of carbonyl (C=O) groups excluding carboxylic acids is 1. The van der Waals surface area contributed by atoms with Crippen LogP contribution in [-0.4, -0.2) is 38.3 Å². The van der Waals surface area contributed by atoms with Crippen molar-refractivity contribution >= 4 is 5.91 Å². The van der Waals surface area contributed by atoms with E-state index in [2.05, 4.69) is 20.5 Å². The SMILES string of the molecule is CCc1nc(C(=O)NCC2(O)CCC2)n[nH]1. The van der Waals surface area contributed by atoms with Gasteiger partial charge in [0.2, 0.25) is 5.82 Å². The number of carbonyl (C=O) groups is 1. The fourth-order valence-electron chi connectivity index (χ4n) is 1.64. The lowest BCUT2D eigenvalue weighted by atomic mass is 9.80. The van der Waals surface area contributed by atoms with Gasteiger partial charge < -0.3 is 10.4 Å². The molecular formula is C10H16N4O2. The Morgan fingerprint density at radius 1 is 1.62 bits per heavy atom. The van der Waals surface area contributed by atoms with Crippen LogP contribution in [0.2, 0.25) is 0 Å². The highest BCUT2D eigenvalue weighted by atomic mass is 16.3. The molecule has 1 fully saturated rings. The Labute approximate surface area is 93.5 Å². The zero-order chi connectivity index (χ0) is 11.6. The zero-order valence-electron chi connectivity index (χ0n) is 9.29. The van der Waals surface area contributed by atoms with Gasteiger partial charge >= 0.3 is 0 Å². The quantitative estimate of drug-likeness (QED) is 0.672. The van der Waals surface area contributed by atoms with Crippen LogP contribution in [0.15, 0.2) is 0 Å². The van der Waals surface area contributed by atoms with Crippen LogP contribution in [0, 0.1) is 0 Å². The van der Waals surface area contributed by atoms with E-state index in [1.165, 1.54) is 0 Å². The highest BCUT2D eigenvalue weighted by Gasteiger charge is 2.34. The molecule has 1 heterocycles. The molecule has 6 heteroatoms. The van der Waals surface area contributed by atoms with Gasteiger partial charge in [0.1, 0.15) is 5.82 Å². The van der Waals surface area contributed by atoms with Crippen molar-refractivity contribution in [2.45, 2.75) is 38.2 Å². The lowest BCUT2D eigenvalue weighted by Gasteiger charge is -2.36. The maximum absolute atomic E-state index is 11.6. The van der Waals surface area contributed by atoms with E-state index in [1.807, 2.05) is 6.92 Å². The second-order valence-corrected chi connectivity index (χ2v) is 4.22. The van der Waals surface area contributed by atoms with Crippen LogP contribution in [0.25, 0.3) is 0 Å². The minimum Gasteiger partial charge on any atom is -0.388 e. The van der Waals surface area contributed by atoms with E-state index in [0.29, 0.717) is 12.2 Å². The molecule has 0 saturated heterocycles. The maximum atomic E-state index is 11.6. The molecule has 1 saturated carbocycles. The zero-order valence-corrected chi connectivity index (χ0v) is 9.29. The van der Waals surface area contributed by atoms with E-state index in [4.69, 9.17) is 0 Å². The molecule has 0 spiro atoms. The van der Waals surface area contributed by atoms with Gasteiger partial charge in [-0.2, -0.15) is 0 Å². The molecule has 1 amide bonds. The van der Waals surface area contributed by atoms with E-state index in [1.54, 1.807) is 0 Å². The van der Waals surface area contributed by atoms with Gasteiger partial charge in [-0.3, -0.25) is 9.89 Å². The van der Waals surface area contributed by atoms with Crippen molar-refractivity contribution < 1.29 is 9.90 Å². The Kier molecular flexibility index (Phi) is 2.91. The molecule has 1 aromatic heterocycles. The summed E-state index contributed by atoms with van der Waals surface area (Å²) < 4.78 is 0. The topological polar surface area (TPSA) is 90.9 Å². The molecule has 0 unspecified atom stereocenters. The monoisotopic (exact) mass is 224 g/mol. The van der Waals surface area contributed by atoms with Crippen molar-refractivity contribution in [3.05, 3.63) is 11.6 Å². The summed E-state index contributed by atoms with van der Waals surface area (Å²) in [5, 5.41) is 18.9. The minimum absolute atomic E-state index is 0.139. The molecule has 6 nitrogen and oxygen atoms in total. The molecule has 16 heavy (non-hydrogen) atoms.